The smallest absolute Gasteiger partial charge is 0.172 e. The summed E-state index contributed by atoms with van der Waals surface area (Å²) in [5, 5.41) is 12.7. The summed E-state index contributed by atoms with van der Waals surface area (Å²) < 4.78 is 0. The van der Waals surface area contributed by atoms with Crippen LogP contribution in [-0.4, -0.2) is 49.7 Å². The summed E-state index contributed by atoms with van der Waals surface area (Å²) in [4.78, 5) is 4.33. The molecule has 3 N–H and O–H groups in total. The Hall–Kier alpha value is -1.46. The second-order valence-electron chi connectivity index (χ2n) is 4.94. The molecule has 1 rings (SSSR count). The molecular formula is C14H23ClN4O. The molecule has 0 spiro atoms. The third-order valence-electron chi connectivity index (χ3n) is 2.99. The first-order valence-corrected chi connectivity index (χ1v) is 7.04. The molecule has 0 aromatic heterocycles. The van der Waals surface area contributed by atoms with Gasteiger partial charge in [-0.2, -0.15) is 0 Å². The van der Waals surface area contributed by atoms with Crippen molar-refractivity contribution in [2.24, 2.45) is 10.9 Å². The Morgan fingerprint density at radius 2 is 2.00 bits per heavy atom. The Balaban J connectivity index is 3.13. The summed E-state index contributed by atoms with van der Waals surface area (Å²) in [5.41, 5.74) is 7.35. The molecule has 0 radical (unpaired) electrons. The van der Waals surface area contributed by atoms with Gasteiger partial charge in [-0.05, 0) is 38.7 Å². The Morgan fingerprint density at radius 1 is 1.30 bits per heavy atom. The van der Waals surface area contributed by atoms with Crippen LogP contribution < -0.4 is 10.6 Å². The fraction of sp³-hybridized carbons (Fsp3) is 0.500. The molecule has 0 heterocycles. The molecule has 0 aliphatic carbocycles. The van der Waals surface area contributed by atoms with Gasteiger partial charge in [0.05, 0.1) is 0 Å². The van der Waals surface area contributed by atoms with Crippen LogP contribution in [0.5, 0.6) is 0 Å². The molecule has 112 valence electrons. The highest BCUT2D eigenvalue weighted by Crippen LogP contribution is 2.25. The minimum Gasteiger partial charge on any atom is -0.409 e. The highest BCUT2D eigenvalue weighted by atomic mass is 35.5. The number of oxime groups is 1. The summed E-state index contributed by atoms with van der Waals surface area (Å²) in [7, 11) is 4.07. The lowest BCUT2D eigenvalue weighted by Crippen LogP contribution is -2.34. The van der Waals surface area contributed by atoms with Gasteiger partial charge in [-0.15, -0.1) is 0 Å². The normalized spacial score (nSPS) is 11.9. The van der Waals surface area contributed by atoms with Crippen molar-refractivity contribution >= 4 is 23.1 Å². The summed E-state index contributed by atoms with van der Waals surface area (Å²) >= 11 is 6.09. The highest BCUT2D eigenvalue weighted by Gasteiger charge is 2.14. The number of amidine groups is 1. The second kappa shape index (κ2) is 7.97. The fourth-order valence-corrected chi connectivity index (χ4v) is 2.15. The first kappa shape index (κ1) is 16.6. The molecule has 0 bridgehead atoms. The first-order chi connectivity index (χ1) is 9.49. The molecular weight excluding hydrogens is 276 g/mol. The number of halogens is 1. The van der Waals surface area contributed by atoms with Crippen molar-refractivity contribution in [3.63, 3.8) is 0 Å². The number of anilines is 1. The molecule has 0 amide bonds. The number of nitrogens with two attached hydrogens (primary N) is 1. The molecule has 1 aromatic rings. The van der Waals surface area contributed by atoms with Gasteiger partial charge in [0.15, 0.2) is 5.84 Å². The Labute approximate surface area is 125 Å². The van der Waals surface area contributed by atoms with Crippen molar-refractivity contribution in [3.8, 4) is 0 Å². The maximum absolute atomic E-state index is 8.91. The van der Waals surface area contributed by atoms with Crippen molar-refractivity contribution in [3.05, 3.63) is 28.8 Å². The second-order valence-corrected chi connectivity index (χ2v) is 5.37. The zero-order valence-electron chi connectivity index (χ0n) is 12.3. The number of nitrogens with zero attached hydrogens (tertiary/aromatic N) is 3. The Morgan fingerprint density at radius 3 is 2.55 bits per heavy atom. The quantitative estimate of drug-likeness (QED) is 0.351. The Kier molecular flexibility index (Phi) is 6.61. The van der Waals surface area contributed by atoms with Crippen LogP contribution >= 0.6 is 11.6 Å². The standard InChI is InChI=1S/C14H23ClN4O/c1-4-7-19(9-8-18(2)3)13-10-11(15)5-6-12(13)14(16)17-20/h5-6,10,20H,4,7-9H2,1-3H3,(H2,16,17). The molecule has 20 heavy (non-hydrogen) atoms. The van der Waals surface area contributed by atoms with E-state index in [2.05, 4.69) is 21.9 Å². The van der Waals surface area contributed by atoms with E-state index in [4.69, 9.17) is 22.5 Å². The number of hydrogen-bond acceptors (Lipinski definition) is 4. The van der Waals surface area contributed by atoms with Gasteiger partial charge in [0.2, 0.25) is 0 Å². The van der Waals surface area contributed by atoms with E-state index in [0.717, 1.165) is 31.7 Å². The lowest BCUT2D eigenvalue weighted by molar-refractivity contribution is 0.318. The molecule has 0 atom stereocenters. The van der Waals surface area contributed by atoms with E-state index >= 15 is 0 Å². The summed E-state index contributed by atoms with van der Waals surface area (Å²) in [6, 6.07) is 5.39. The van der Waals surface area contributed by atoms with Crippen molar-refractivity contribution in [1.29, 1.82) is 0 Å². The average molecular weight is 299 g/mol. The number of likely N-dealkylation sites (N-methyl/N-ethyl adjacent to an activating group) is 1. The topological polar surface area (TPSA) is 65.1 Å². The summed E-state index contributed by atoms with van der Waals surface area (Å²) in [5.74, 6) is 0.0997. The van der Waals surface area contributed by atoms with Crippen LogP contribution in [0.15, 0.2) is 23.4 Å². The SMILES string of the molecule is CCCN(CCN(C)C)c1cc(Cl)ccc1C(N)=NO. The van der Waals surface area contributed by atoms with Gasteiger partial charge < -0.3 is 20.7 Å². The summed E-state index contributed by atoms with van der Waals surface area (Å²) in [6.07, 6.45) is 1.01. The molecule has 0 aliphatic rings. The van der Waals surface area contributed by atoms with E-state index < -0.39 is 0 Å². The molecule has 5 nitrogen and oxygen atoms in total. The number of hydrogen-bond donors (Lipinski definition) is 2. The predicted octanol–water partition coefficient (Wildman–Crippen LogP) is 2.21. The van der Waals surface area contributed by atoms with Gasteiger partial charge in [-0.25, -0.2) is 0 Å². The molecule has 0 fully saturated rings. The molecule has 0 saturated heterocycles. The lowest BCUT2D eigenvalue weighted by Gasteiger charge is -2.28. The average Bonchev–Trinajstić information content (AvgIpc) is 2.42. The van der Waals surface area contributed by atoms with Crippen molar-refractivity contribution in [2.45, 2.75) is 13.3 Å². The fourth-order valence-electron chi connectivity index (χ4n) is 1.98. The minimum absolute atomic E-state index is 0.0997. The van der Waals surface area contributed by atoms with Gasteiger partial charge in [0.1, 0.15) is 0 Å². The maximum Gasteiger partial charge on any atom is 0.172 e. The van der Waals surface area contributed by atoms with Gasteiger partial charge in [-0.1, -0.05) is 23.7 Å². The van der Waals surface area contributed by atoms with E-state index in [-0.39, 0.29) is 5.84 Å². The van der Waals surface area contributed by atoms with Crippen LogP contribution in [0.1, 0.15) is 18.9 Å². The molecule has 6 heteroatoms. The van der Waals surface area contributed by atoms with E-state index in [1.54, 1.807) is 12.1 Å². The monoisotopic (exact) mass is 298 g/mol. The van der Waals surface area contributed by atoms with Crippen LogP contribution in [0.3, 0.4) is 0 Å². The Bertz CT molecular complexity index is 462. The molecule has 1 aromatic carbocycles. The zero-order valence-corrected chi connectivity index (χ0v) is 13.1. The van der Waals surface area contributed by atoms with E-state index in [1.807, 2.05) is 20.2 Å². The third-order valence-corrected chi connectivity index (χ3v) is 3.23. The number of benzene rings is 1. The van der Waals surface area contributed by atoms with Crippen LogP contribution in [-0.2, 0) is 0 Å². The van der Waals surface area contributed by atoms with Crippen molar-refractivity contribution in [1.82, 2.24) is 4.90 Å². The first-order valence-electron chi connectivity index (χ1n) is 6.66. The highest BCUT2D eigenvalue weighted by molar-refractivity contribution is 6.31. The third kappa shape index (κ3) is 4.58. The van der Waals surface area contributed by atoms with Gasteiger partial charge in [0, 0.05) is 35.9 Å². The molecule has 0 aliphatic heterocycles. The molecule has 0 unspecified atom stereocenters. The largest absolute Gasteiger partial charge is 0.409 e. The van der Waals surface area contributed by atoms with Crippen molar-refractivity contribution < 1.29 is 5.21 Å². The predicted molar refractivity (Wildman–Crippen MR) is 85.0 cm³/mol. The molecule has 0 saturated carbocycles. The van der Waals surface area contributed by atoms with E-state index in [9.17, 15) is 0 Å². The summed E-state index contributed by atoms with van der Waals surface area (Å²) in [6.45, 7) is 4.78. The van der Waals surface area contributed by atoms with Gasteiger partial charge in [0.25, 0.3) is 0 Å². The number of rotatable bonds is 7. The van der Waals surface area contributed by atoms with E-state index in [0.29, 0.717) is 10.6 Å². The minimum atomic E-state index is 0.0997. The van der Waals surface area contributed by atoms with Crippen LogP contribution in [0.2, 0.25) is 5.02 Å². The van der Waals surface area contributed by atoms with Crippen LogP contribution in [0, 0.1) is 0 Å². The lowest BCUT2D eigenvalue weighted by atomic mass is 10.1. The van der Waals surface area contributed by atoms with Crippen LogP contribution in [0.4, 0.5) is 5.69 Å². The van der Waals surface area contributed by atoms with Gasteiger partial charge in [-0.3, -0.25) is 0 Å². The zero-order chi connectivity index (χ0) is 15.1. The maximum atomic E-state index is 8.91. The van der Waals surface area contributed by atoms with Crippen molar-refractivity contribution in [2.75, 3.05) is 38.6 Å². The van der Waals surface area contributed by atoms with Crippen LogP contribution in [0.25, 0.3) is 0 Å². The van der Waals surface area contributed by atoms with E-state index in [1.165, 1.54) is 0 Å². The van der Waals surface area contributed by atoms with Gasteiger partial charge >= 0.3 is 0 Å².